The molecule has 0 spiro atoms. The minimum Gasteiger partial charge on any atom is -0.225 e. The Labute approximate surface area is 117 Å². The Hall–Kier alpha value is -1.98. The summed E-state index contributed by atoms with van der Waals surface area (Å²) in [5, 5.41) is 8.19. The summed E-state index contributed by atoms with van der Waals surface area (Å²) in [4.78, 5) is 9.91. The van der Waals surface area contributed by atoms with Crippen molar-refractivity contribution in [3.05, 3.63) is 47.1 Å². The average Bonchev–Trinajstić information content (AvgIpc) is 3.04. The van der Waals surface area contributed by atoms with Crippen molar-refractivity contribution >= 4 is 38.8 Å². The Kier molecular flexibility index (Phi) is 2.30. The van der Waals surface area contributed by atoms with E-state index in [1.165, 1.54) is 0 Å². The third-order valence-electron chi connectivity index (χ3n) is 2.90. The number of hydrogen-bond donors (Lipinski definition) is 0. The number of rotatable bonds is 1. The van der Waals surface area contributed by atoms with Crippen LogP contribution < -0.4 is 0 Å². The minimum atomic E-state index is 0.678. The van der Waals surface area contributed by atoms with E-state index < -0.39 is 0 Å². The van der Waals surface area contributed by atoms with Gasteiger partial charge in [0.05, 0.1) is 5.39 Å². The first kappa shape index (κ1) is 10.9. The van der Waals surface area contributed by atoms with Crippen LogP contribution in [0.3, 0.4) is 0 Å². The van der Waals surface area contributed by atoms with Crippen molar-refractivity contribution in [2.24, 2.45) is 0 Å². The molecule has 0 N–H and O–H groups in total. The van der Waals surface area contributed by atoms with Crippen LogP contribution in [0.4, 0.5) is 0 Å². The third-order valence-corrected chi connectivity index (χ3v) is 3.98. The smallest absolute Gasteiger partial charge is 0.182 e. The second kappa shape index (κ2) is 4.01. The second-order valence-electron chi connectivity index (χ2n) is 4.09. The highest BCUT2D eigenvalue weighted by atomic mass is 35.5. The molecule has 0 amide bonds. The molecule has 0 unspecified atom stereocenters. The van der Waals surface area contributed by atoms with Gasteiger partial charge in [0, 0.05) is 10.6 Å². The number of benzene rings is 1. The third kappa shape index (κ3) is 1.70. The van der Waals surface area contributed by atoms with E-state index >= 15 is 0 Å². The quantitative estimate of drug-likeness (QED) is 0.536. The van der Waals surface area contributed by atoms with E-state index in [1.54, 1.807) is 22.2 Å². The standard InChI is InChI=1S/C13H7ClN4S/c14-9-3-1-8(2-4-9)11-16-12-10-5-6-19-13(10)15-7-18(12)17-11/h1-7H. The summed E-state index contributed by atoms with van der Waals surface area (Å²) in [5.74, 6) is 0.678. The second-order valence-corrected chi connectivity index (χ2v) is 5.43. The topological polar surface area (TPSA) is 43.1 Å². The van der Waals surface area contributed by atoms with Gasteiger partial charge in [-0.15, -0.1) is 16.4 Å². The molecule has 0 atom stereocenters. The molecule has 4 nitrogen and oxygen atoms in total. The van der Waals surface area contributed by atoms with Gasteiger partial charge in [-0.2, -0.15) is 0 Å². The van der Waals surface area contributed by atoms with Gasteiger partial charge in [-0.3, -0.25) is 0 Å². The molecule has 0 saturated heterocycles. The summed E-state index contributed by atoms with van der Waals surface area (Å²) in [6.45, 7) is 0. The average molecular weight is 287 g/mol. The fourth-order valence-corrected chi connectivity index (χ4v) is 2.84. The molecule has 0 saturated carbocycles. The Morgan fingerprint density at radius 3 is 2.79 bits per heavy atom. The lowest BCUT2D eigenvalue weighted by molar-refractivity contribution is 0.940. The summed E-state index contributed by atoms with van der Waals surface area (Å²) in [6.07, 6.45) is 1.70. The van der Waals surface area contributed by atoms with Gasteiger partial charge < -0.3 is 0 Å². The van der Waals surface area contributed by atoms with Crippen LogP contribution in [-0.4, -0.2) is 19.6 Å². The van der Waals surface area contributed by atoms with Crippen LogP contribution in [0, 0.1) is 0 Å². The highest BCUT2D eigenvalue weighted by Crippen LogP contribution is 2.24. The van der Waals surface area contributed by atoms with Crippen molar-refractivity contribution < 1.29 is 0 Å². The molecule has 0 aliphatic rings. The number of hydrogen-bond acceptors (Lipinski definition) is 4. The highest BCUT2D eigenvalue weighted by molar-refractivity contribution is 7.16. The normalized spacial score (nSPS) is 11.4. The summed E-state index contributed by atoms with van der Waals surface area (Å²) < 4.78 is 1.71. The van der Waals surface area contributed by atoms with Gasteiger partial charge >= 0.3 is 0 Å². The SMILES string of the molecule is Clc1ccc(-c2nc3c4ccsc4ncn3n2)cc1. The number of nitrogens with zero attached hydrogens (tertiary/aromatic N) is 4. The van der Waals surface area contributed by atoms with E-state index in [0.717, 1.165) is 21.4 Å². The Balaban J connectivity index is 1.98. The molecular weight excluding hydrogens is 280 g/mol. The maximum Gasteiger partial charge on any atom is 0.182 e. The van der Waals surface area contributed by atoms with Crippen molar-refractivity contribution in [2.45, 2.75) is 0 Å². The molecule has 0 aliphatic carbocycles. The van der Waals surface area contributed by atoms with Crippen molar-refractivity contribution in [1.82, 2.24) is 19.6 Å². The molecule has 3 aromatic heterocycles. The van der Waals surface area contributed by atoms with Gasteiger partial charge in [0.1, 0.15) is 11.2 Å². The molecule has 0 radical (unpaired) electrons. The molecule has 0 bridgehead atoms. The molecule has 4 rings (SSSR count). The van der Waals surface area contributed by atoms with Crippen LogP contribution >= 0.6 is 22.9 Å². The zero-order chi connectivity index (χ0) is 12.8. The Morgan fingerprint density at radius 2 is 1.95 bits per heavy atom. The number of fused-ring (bicyclic) bond motifs is 3. The minimum absolute atomic E-state index is 0.678. The fourth-order valence-electron chi connectivity index (χ4n) is 1.99. The number of aromatic nitrogens is 4. The largest absolute Gasteiger partial charge is 0.225 e. The van der Waals surface area contributed by atoms with Crippen molar-refractivity contribution in [3.63, 3.8) is 0 Å². The predicted molar refractivity (Wildman–Crippen MR) is 76.6 cm³/mol. The van der Waals surface area contributed by atoms with Gasteiger partial charge in [-0.25, -0.2) is 14.5 Å². The van der Waals surface area contributed by atoms with E-state index in [4.69, 9.17) is 11.6 Å². The fraction of sp³-hybridized carbons (Fsp3) is 0. The summed E-state index contributed by atoms with van der Waals surface area (Å²) in [7, 11) is 0. The van der Waals surface area contributed by atoms with Gasteiger partial charge in [-0.1, -0.05) is 11.6 Å². The van der Waals surface area contributed by atoms with E-state index in [-0.39, 0.29) is 0 Å². The Bertz CT molecular complexity index is 879. The maximum atomic E-state index is 5.89. The Morgan fingerprint density at radius 1 is 1.11 bits per heavy atom. The van der Waals surface area contributed by atoms with E-state index in [9.17, 15) is 0 Å². The molecule has 92 valence electrons. The van der Waals surface area contributed by atoms with Gasteiger partial charge in [0.15, 0.2) is 11.5 Å². The molecule has 0 aliphatic heterocycles. The van der Waals surface area contributed by atoms with Crippen LogP contribution in [0.1, 0.15) is 0 Å². The van der Waals surface area contributed by atoms with Crippen LogP contribution in [-0.2, 0) is 0 Å². The van der Waals surface area contributed by atoms with Crippen LogP contribution in [0.5, 0.6) is 0 Å². The summed E-state index contributed by atoms with van der Waals surface area (Å²) >= 11 is 7.49. The zero-order valence-corrected chi connectivity index (χ0v) is 11.2. The number of halogens is 1. The lowest BCUT2D eigenvalue weighted by Gasteiger charge is -1.93. The van der Waals surface area contributed by atoms with Crippen LogP contribution in [0.15, 0.2) is 42.0 Å². The number of thiophene rings is 1. The van der Waals surface area contributed by atoms with Gasteiger partial charge in [0.25, 0.3) is 0 Å². The van der Waals surface area contributed by atoms with Gasteiger partial charge in [-0.05, 0) is 35.7 Å². The van der Waals surface area contributed by atoms with E-state index in [0.29, 0.717) is 10.8 Å². The summed E-state index contributed by atoms with van der Waals surface area (Å²) in [5.41, 5.74) is 1.77. The predicted octanol–water partition coefficient (Wildman–Crippen LogP) is 3.66. The molecule has 19 heavy (non-hydrogen) atoms. The first-order valence-electron chi connectivity index (χ1n) is 5.66. The van der Waals surface area contributed by atoms with Crippen LogP contribution in [0.2, 0.25) is 5.02 Å². The first-order valence-corrected chi connectivity index (χ1v) is 6.91. The molecular formula is C13H7ClN4S. The van der Waals surface area contributed by atoms with Crippen LogP contribution in [0.25, 0.3) is 27.3 Å². The first-order chi connectivity index (χ1) is 9.31. The van der Waals surface area contributed by atoms with Crippen molar-refractivity contribution in [3.8, 4) is 11.4 Å². The molecule has 6 heteroatoms. The summed E-state index contributed by atoms with van der Waals surface area (Å²) in [6, 6.07) is 9.51. The van der Waals surface area contributed by atoms with Crippen molar-refractivity contribution in [2.75, 3.05) is 0 Å². The lowest BCUT2D eigenvalue weighted by atomic mass is 10.2. The van der Waals surface area contributed by atoms with Gasteiger partial charge in [0.2, 0.25) is 0 Å². The van der Waals surface area contributed by atoms with E-state index in [1.807, 2.05) is 35.7 Å². The lowest BCUT2D eigenvalue weighted by Crippen LogP contribution is -1.88. The molecule has 4 aromatic rings. The maximum absolute atomic E-state index is 5.89. The van der Waals surface area contributed by atoms with E-state index in [2.05, 4.69) is 15.1 Å². The molecule has 0 fully saturated rings. The van der Waals surface area contributed by atoms with Crippen molar-refractivity contribution in [1.29, 1.82) is 0 Å². The monoisotopic (exact) mass is 286 g/mol. The highest BCUT2D eigenvalue weighted by Gasteiger charge is 2.10. The molecule has 3 heterocycles. The zero-order valence-electron chi connectivity index (χ0n) is 9.62. The molecule has 1 aromatic carbocycles.